The first kappa shape index (κ1) is 22.2. The summed E-state index contributed by atoms with van der Waals surface area (Å²) in [5, 5.41) is 18.5. The molecule has 0 N–H and O–H groups in total. The molecule has 35 heavy (non-hydrogen) atoms. The van der Waals surface area contributed by atoms with Crippen LogP contribution in [-0.2, 0) is 11.8 Å². The van der Waals surface area contributed by atoms with Gasteiger partial charge in [-0.05, 0) is 23.8 Å². The van der Waals surface area contributed by atoms with Crippen molar-refractivity contribution in [3.63, 3.8) is 0 Å². The number of methoxy groups -OCH3 is 1. The summed E-state index contributed by atoms with van der Waals surface area (Å²) in [6, 6.07) is 10.5. The standard InChI is InChI=1S/C26H25N7O2/c1-4-23(34)32-11-9-31(10-12-32)21-7-5-18(6-8-21)24-25-19(13-27)14-29-33(25)17-22(26(24)35-3)20-15-28-30(2)16-20/h4-8,14-17H,1,9-12H2,2-3H3. The van der Waals surface area contributed by atoms with Gasteiger partial charge in [-0.2, -0.15) is 15.5 Å². The number of hydrogen-bond donors (Lipinski definition) is 0. The molecule has 1 aromatic carbocycles. The maximum Gasteiger partial charge on any atom is 0.246 e. The van der Waals surface area contributed by atoms with Crippen LogP contribution in [0.5, 0.6) is 5.75 Å². The summed E-state index contributed by atoms with van der Waals surface area (Å²) < 4.78 is 9.38. The van der Waals surface area contributed by atoms with Gasteiger partial charge in [0, 0.05) is 62.4 Å². The summed E-state index contributed by atoms with van der Waals surface area (Å²) in [6.07, 6.45) is 8.51. The molecule has 0 saturated carbocycles. The fourth-order valence-electron chi connectivity index (χ4n) is 4.61. The molecule has 1 aliphatic heterocycles. The molecule has 0 aliphatic carbocycles. The number of benzene rings is 1. The van der Waals surface area contributed by atoms with E-state index in [1.165, 1.54) is 6.08 Å². The summed E-state index contributed by atoms with van der Waals surface area (Å²) in [5.74, 6) is 0.630. The van der Waals surface area contributed by atoms with E-state index in [-0.39, 0.29) is 5.91 Å². The zero-order chi connectivity index (χ0) is 24.5. The molecule has 0 radical (unpaired) electrons. The Hall–Kier alpha value is -4.58. The van der Waals surface area contributed by atoms with Crippen molar-refractivity contribution in [3.05, 3.63) is 67.3 Å². The van der Waals surface area contributed by atoms with Gasteiger partial charge in [-0.3, -0.25) is 9.48 Å². The first-order valence-corrected chi connectivity index (χ1v) is 11.3. The molecule has 5 rings (SSSR count). The van der Waals surface area contributed by atoms with E-state index in [0.717, 1.165) is 41.0 Å². The Labute approximate surface area is 203 Å². The van der Waals surface area contributed by atoms with Gasteiger partial charge in [0.15, 0.2) is 0 Å². The van der Waals surface area contributed by atoms with Crippen molar-refractivity contribution in [1.29, 1.82) is 5.26 Å². The zero-order valence-electron chi connectivity index (χ0n) is 19.7. The number of rotatable bonds is 5. The van der Waals surface area contributed by atoms with E-state index in [1.54, 1.807) is 28.7 Å². The van der Waals surface area contributed by atoms with E-state index in [0.29, 0.717) is 29.9 Å². The van der Waals surface area contributed by atoms with Gasteiger partial charge in [-0.15, -0.1) is 0 Å². The molecule has 0 spiro atoms. The van der Waals surface area contributed by atoms with Gasteiger partial charge in [0.25, 0.3) is 0 Å². The fourth-order valence-corrected chi connectivity index (χ4v) is 4.61. The van der Waals surface area contributed by atoms with Gasteiger partial charge >= 0.3 is 0 Å². The smallest absolute Gasteiger partial charge is 0.246 e. The van der Waals surface area contributed by atoms with Crippen LogP contribution in [0, 0.1) is 11.3 Å². The number of pyridine rings is 1. The minimum Gasteiger partial charge on any atom is -0.495 e. The lowest BCUT2D eigenvalue weighted by atomic mass is 9.98. The number of amides is 1. The van der Waals surface area contributed by atoms with Crippen molar-refractivity contribution in [2.75, 3.05) is 38.2 Å². The predicted octanol–water partition coefficient (Wildman–Crippen LogP) is 3.12. The highest BCUT2D eigenvalue weighted by atomic mass is 16.5. The third kappa shape index (κ3) is 3.89. The van der Waals surface area contributed by atoms with Crippen LogP contribution in [-0.4, -0.2) is 63.5 Å². The van der Waals surface area contributed by atoms with E-state index in [9.17, 15) is 10.1 Å². The Morgan fingerprint density at radius 3 is 2.43 bits per heavy atom. The number of carbonyl (C=O) groups excluding carboxylic acids is 1. The molecule has 0 atom stereocenters. The maximum atomic E-state index is 11.9. The van der Waals surface area contributed by atoms with Crippen molar-refractivity contribution in [3.8, 4) is 34.1 Å². The second kappa shape index (κ2) is 8.99. The third-order valence-corrected chi connectivity index (χ3v) is 6.38. The van der Waals surface area contributed by atoms with Crippen LogP contribution >= 0.6 is 0 Å². The molecule has 9 nitrogen and oxygen atoms in total. The van der Waals surface area contributed by atoms with Crippen molar-refractivity contribution < 1.29 is 9.53 Å². The minimum absolute atomic E-state index is 0.0290. The van der Waals surface area contributed by atoms with Gasteiger partial charge in [0.05, 0.1) is 36.1 Å². The van der Waals surface area contributed by atoms with Crippen LogP contribution in [0.3, 0.4) is 0 Å². The Kier molecular flexibility index (Phi) is 5.71. The van der Waals surface area contributed by atoms with Crippen LogP contribution in [0.1, 0.15) is 5.56 Å². The topological polar surface area (TPSA) is 91.7 Å². The molecule has 1 aliphatic rings. The van der Waals surface area contributed by atoms with E-state index >= 15 is 0 Å². The summed E-state index contributed by atoms with van der Waals surface area (Å²) in [6.45, 7) is 6.41. The van der Waals surface area contributed by atoms with Crippen molar-refractivity contribution in [2.45, 2.75) is 0 Å². The maximum absolute atomic E-state index is 11.9. The molecule has 4 heterocycles. The normalized spacial score (nSPS) is 13.6. The molecule has 1 fully saturated rings. The Morgan fingerprint density at radius 1 is 1.09 bits per heavy atom. The van der Waals surface area contributed by atoms with Crippen LogP contribution < -0.4 is 9.64 Å². The molecule has 4 aromatic rings. The second-order valence-corrected chi connectivity index (χ2v) is 8.38. The van der Waals surface area contributed by atoms with Crippen LogP contribution in [0.25, 0.3) is 27.8 Å². The molecule has 3 aromatic heterocycles. The monoisotopic (exact) mass is 467 g/mol. The first-order valence-electron chi connectivity index (χ1n) is 11.3. The number of anilines is 1. The Morgan fingerprint density at radius 2 is 1.83 bits per heavy atom. The van der Waals surface area contributed by atoms with Gasteiger partial charge < -0.3 is 14.5 Å². The van der Waals surface area contributed by atoms with E-state index in [4.69, 9.17) is 4.74 Å². The van der Waals surface area contributed by atoms with E-state index in [2.05, 4.69) is 39.9 Å². The number of carbonyl (C=O) groups is 1. The lowest BCUT2D eigenvalue weighted by Crippen LogP contribution is -2.48. The number of hydrogen-bond acceptors (Lipinski definition) is 6. The zero-order valence-corrected chi connectivity index (χ0v) is 19.7. The Bertz CT molecular complexity index is 1450. The molecule has 9 heteroatoms. The SMILES string of the molecule is C=CC(=O)N1CCN(c2ccc(-c3c(OC)c(-c4cnn(C)c4)cn4ncc(C#N)c34)cc2)CC1. The fraction of sp³-hybridized carbons (Fsp3) is 0.231. The summed E-state index contributed by atoms with van der Waals surface area (Å²) in [7, 11) is 3.50. The lowest BCUT2D eigenvalue weighted by Gasteiger charge is -2.35. The second-order valence-electron chi connectivity index (χ2n) is 8.38. The number of ether oxygens (including phenoxy) is 1. The van der Waals surface area contributed by atoms with Crippen molar-refractivity contribution in [1.82, 2.24) is 24.3 Å². The highest BCUT2D eigenvalue weighted by Crippen LogP contribution is 2.42. The quantitative estimate of drug-likeness (QED) is 0.419. The van der Waals surface area contributed by atoms with Gasteiger partial charge in [0.2, 0.25) is 5.91 Å². The predicted molar refractivity (Wildman–Crippen MR) is 133 cm³/mol. The first-order chi connectivity index (χ1) is 17.0. The summed E-state index contributed by atoms with van der Waals surface area (Å²) >= 11 is 0. The summed E-state index contributed by atoms with van der Waals surface area (Å²) in [5.41, 5.74) is 5.69. The molecule has 1 amide bonds. The summed E-state index contributed by atoms with van der Waals surface area (Å²) in [4.78, 5) is 16.0. The van der Waals surface area contributed by atoms with E-state index in [1.807, 2.05) is 36.5 Å². The number of nitrogens with zero attached hydrogens (tertiary/aromatic N) is 7. The number of aryl methyl sites for hydroxylation is 1. The third-order valence-electron chi connectivity index (χ3n) is 6.38. The molecule has 0 bridgehead atoms. The number of fused-ring (bicyclic) bond motifs is 1. The lowest BCUT2D eigenvalue weighted by molar-refractivity contribution is -0.126. The molecule has 0 unspecified atom stereocenters. The minimum atomic E-state index is -0.0290. The average Bonchev–Trinajstić information content (AvgIpc) is 3.53. The van der Waals surface area contributed by atoms with Gasteiger partial charge in [-0.1, -0.05) is 18.7 Å². The van der Waals surface area contributed by atoms with Crippen molar-refractivity contribution >= 4 is 17.1 Å². The number of aromatic nitrogens is 4. The highest BCUT2D eigenvalue weighted by molar-refractivity contribution is 5.94. The molecular formula is C26H25N7O2. The van der Waals surface area contributed by atoms with Crippen LogP contribution in [0.2, 0.25) is 0 Å². The number of nitriles is 1. The number of piperazine rings is 1. The highest BCUT2D eigenvalue weighted by Gasteiger charge is 2.23. The van der Waals surface area contributed by atoms with Crippen molar-refractivity contribution in [2.24, 2.45) is 7.05 Å². The molecular weight excluding hydrogens is 442 g/mol. The average molecular weight is 468 g/mol. The Balaban J connectivity index is 1.56. The van der Waals surface area contributed by atoms with Crippen LogP contribution in [0.15, 0.2) is 61.7 Å². The van der Waals surface area contributed by atoms with Gasteiger partial charge in [-0.25, -0.2) is 4.52 Å². The molecule has 176 valence electrons. The molecule has 1 saturated heterocycles. The van der Waals surface area contributed by atoms with Gasteiger partial charge in [0.1, 0.15) is 11.8 Å². The van der Waals surface area contributed by atoms with Crippen LogP contribution in [0.4, 0.5) is 5.69 Å². The largest absolute Gasteiger partial charge is 0.495 e. The van der Waals surface area contributed by atoms with E-state index < -0.39 is 0 Å².